The third-order valence-electron chi connectivity index (χ3n) is 10.1. The molecule has 5 atom stereocenters. The number of carbonyl (C=O) groups is 1. The molecule has 1 aromatic carbocycles. The largest absolute Gasteiger partial charge is 0.490 e. The van der Waals surface area contributed by atoms with Crippen molar-refractivity contribution in [2.45, 2.75) is 83.5 Å². The number of fused-ring (bicyclic) bond motifs is 2. The summed E-state index contributed by atoms with van der Waals surface area (Å²) < 4.78 is 35.0. The number of nitrogens with zero attached hydrogens (tertiary/aromatic N) is 1. The van der Waals surface area contributed by atoms with Crippen molar-refractivity contribution in [3.8, 4) is 5.75 Å². The summed E-state index contributed by atoms with van der Waals surface area (Å²) in [6, 6.07) is 5.22. The SMILES string of the molecule is C=C1/C(=C\C(Cl)=C/C)CCC[C@]12COc1ccc3cc1N(C[C@@H]1CC[C@H]1C/C(C(C)O)=C/CC[C@H](C)S(=O)(=O)NC3=O)C2. The van der Waals surface area contributed by atoms with E-state index in [1.54, 1.807) is 32.0 Å². The molecular weight excluding hydrogens is 584 g/mol. The molecule has 0 aromatic heterocycles. The molecule has 2 N–H and O–H groups in total. The van der Waals surface area contributed by atoms with Crippen LogP contribution in [0.1, 0.15) is 82.5 Å². The number of hydrogen-bond donors (Lipinski definition) is 2. The van der Waals surface area contributed by atoms with E-state index in [9.17, 15) is 18.3 Å². The van der Waals surface area contributed by atoms with Crippen LogP contribution in [-0.2, 0) is 10.0 Å². The number of benzene rings is 1. The Balaban J connectivity index is 1.55. The van der Waals surface area contributed by atoms with Crippen molar-refractivity contribution in [1.82, 2.24) is 4.72 Å². The van der Waals surface area contributed by atoms with E-state index in [1.165, 1.54) is 0 Å². The fourth-order valence-electron chi connectivity index (χ4n) is 7.01. The highest BCUT2D eigenvalue weighted by Crippen LogP contribution is 2.49. The first-order valence-electron chi connectivity index (χ1n) is 15.6. The van der Waals surface area contributed by atoms with Crippen molar-refractivity contribution in [1.29, 1.82) is 0 Å². The Labute approximate surface area is 261 Å². The number of rotatable bonds is 2. The van der Waals surface area contributed by atoms with Crippen LogP contribution in [-0.4, -0.2) is 50.5 Å². The summed E-state index contributed by atoms with van der Waals surface area (Å²) >= 11 is 6.43. The molecule has 1 unspecified atom stereocenters. The van der Waals surface area contributed by atoms with Crippen molar-refractivity contribution in [2.24, 2.45) is 17.3 Å². The third-order valence-corrected chi connectivity index (χ3v) is 12.2. The number of carbonyl (C=O) groups excluding carboxylic acids is 1. The van der Waals surface area contributed by atoms with E-state index < -0.39 is 27.3 Å². The first-order chi connectivity index (χ1) is 20.4. The highest BCUT2D eigenvalue weighted by Gasteiger charge is 2.44. The van der Waals surface area contributed by atoms with Crippen molar-refractivity contribution < 1.29 is 23.1 Å². The fraction of sp³-hybridized carbons (Fsp3) is 0.559. The zero-order chi connectivity index (χ0) is 30.9. The summed E-state index contributed by atoms with van der Waals surface area (Å²) in [7, 11) is -3.89. The van der Waals surface area contributed by atoms with Crippen LogP contribution in [0.5, 0.6) is 5.75 Å². The molecule has 2 saturated carbocycles. The van der Waals surface area contributed by atoms with Gasteiger partial charge in [-0.25, -0.2) is 13.1 Å². The molecule has 2 aliphatic carbocycles. The maximum absolute atomic E-state index is 13.3. The number of nitrogens with one attached hydrogen (secondary N) is 1. The number of allylic oxidation sites excluding steroid dienone is 5. The minimum absolute atomic E-state index is 0.288. The lowest BCUT2D eigenvalue weighted by atomic mass is 9.67. The van der Waals surface area contributed by atoms with E-state index in [2.05, 4.69) is 16.2 Å². The Morgan fingerprint density at radius 2 is 2.05 bits per heavy atom. The van der Waals surface area contributed by atoms with Gasteiger partial charge in [0.15, 0.2) is 0 Å². The second-order valence-corrected chi connectivity index (χ2v) is 15.5. The Morgan fingerprint density at radius 1 is 1.28 bits per heavy atom. The van der Waals surface area contributed by atoms with E-state index >= 15 is 0 Å². The predicted molar refractivity (Wildman–Crippen MR) is 173 cm³/mol. The zero-order valence-corrected chi connectivity index (χ0v) is 27.1. The highest BCUT2D eigenvalue weighted by atomic mass is 35.5. The number of aliphatic hydroxyl groups is 1. The number of anilines is 1. The Morgan fingerprint density at radius 3 is 2.74 bits per heavy atom. The second kappa shape index (κ2) is 12.8. The lowest BCUT2D eigenvalue weighted by molar-refractivity contribution is 0.0981. The predicted octanol–water partition coefficient (Wildman–Crippen LogP) is 6.65. The van der Waals surface area contributed by atoms with Crippen LogP contribution in [0.25, 0.3) is 0 Å². The second-order valence-electron chi connectivity index (χ2n) is 12.9. The van der Waals surface area contributed by atoms with Crippen LogP contribution in [0, 0.1) is 17.3 Å². The lowest BCUT2D eigenvalue weighted by Crippen LogP contribution is -2.46. The molecule has 1 amide bonds. The number of amides is 1. The van der Waals surface area contributed by atoms with Gasteiger partial charge in [0.2, 0.25) is 10.0 Å². The average molecular weight is 629 g/mol. The average Bonchev–Trinajstić information content (AvgIpc) is 3.11. The number of sulfonamides is 1. The third kappa shape index (κ3) is 6.76. The summed E-state index contributed by atoms with van der Waals surface area (Å²) in [5.74, 6) is 0.875. The molecular formula is C34H45ClN2O5S. The monoisotopic (exact) mass is 628 g/mol. The van der Waals surface area contributed by atoms with Gasteiger partial charge in [-0.05, 0) is 125 Å². The van der Waals surface area contributed by atoms with Gasteiger partial charge in [0.1, 0.15) is 5.75 Å². The number of hydrogen-bond acceptors (Lipinski definition) is 6. The van der Waals surface area contributed by atoms with Gasteiger partial charge in [0.05, 0.1) is 23.6 Å². The van der Waals surface area contributed by atoms with Crippen LogP contribution in [0.3, 0.4) is 0 Å². The molecule has 1 aromatic rings. The maximum atomic E-state index is 13.3. The van der Waals surface area contributed by atoms with Gasteiger partial charge < -0.3 is 14.7 Å². The summed E-state index contributed by atoms with van der Waals surface area (Å²) in [5, 5.41) is 10.5. The number of halogens is 1. The molecule has 43 heavy (non-hydrogen) atoms. The van der Waals surface area contributed by atoms with Gasteiger partial charge in [0, 0.05) is 29.1 Å². The van der Waals surface area contributed by atoms with Crippen molar-refractivity contribution in [3.63, 3.8) is 0 Å². The van der Waals surface area contributed by atoms with Gasteiger partial charge in [0.25, 0.3) is 5.91 Å². The van der Waals surface area contributed by atoms with Crippen molar-refractivity contribution in [3.05, 3.63) is 70.3 Å². The molecule has 234 valence electrons. The first kappa shape index (κ1) is 31.9. The topological polar surface area (TPSA) is 95.9 Å². The van der Waals surface area contributed by atoms with Gasteiger partial charge in [-0.3, -0.25) is 4.79 Å². The molecule has 9 heteroatoms. The molecule has 2 heterocycles. The van der Waals surface area contributed by atoms with Crippen LogP contribution in [0.2, 0.25) is 0 Å². The van der Waals surface area contributed by atoms with Crippen LogP contribution in [0.15, 0.2) is 64.8 Å². The Bertz CT molecular complexity index is 1460. The van der Waals surface area contributed by atoms with E-state index in [-0.39, 0.29) is 11.0 Å². The minimum Gasteiger partial charge on any atom is -0.490 e. The molecule has 0 radical (unpaired) electrons. The molecule has 5 rings (SSSR count). The van der Waals surface area contributed by atoms with Crippen LogP contribution < -0.4 is 14.4 Å². The van der Waals surface area contributed by atoms with Crippen LogP contribution in [0.4, 0.5) is 5.69 Å². The summed E-state index contributed by atoms with van der Waals surface area (Å²) in [5.41, 5.74) is 3.90. The van der Waals surface area contributed by atoms with Crippen molar-refractivity contribution >= 4 is 33.2 Å². The Kier molecular flexibility index (Phi) is 9.50. The molecule has 7 nitrogen and oxygen atoms in total. The van der Waals surface area contributed by atoms with E-state index in [0.29, 0.717) is 48.6 Å². The Hall–Kier alpha value is -2.55. The maximum Gasteiger partial charge on any atom is 0.264 e. The lowest BCUT2D eigenvalue weighted by Gasteiger charge is -2.45. The first-order valence-corrected chi connectivity index (χ1v) is 17.5. The summed E-state index contributed by atoms with van der Waals surface area (Å²) in [6.45, 7) is 11.8. The van der Waals surface area contributed by atoms with Gasteiger partial charge in [-0.2, -0.15) is 0 Å². The number of ether oxygens (including phenoxy) is 1. The number of aliphatic hydroxyl groups excluding tert-OH is 1. The highest BCUT2D eigenvalue weighted by molar-refractivity contribution is 7.90. The molecule has 4 aliphatic rings. The summed E-state index contributed by atoms with van der Waals surface area (Å²) in [6.07, 6.45) is 12.0. The van der Waals surface area contributed by atoms with E-state index in [0.717, 1.165) is 67.5 Å². The molecule has 2 fully saturated rings. The standard InChI is InChI=1S/C34H45ClN2O5S/c1-5-30(35)17-25-10-7-15-34(23(25)3)20-37-19-29-12-11-27(29)16-26(24(4)38)9-6-8-22(2)43(40,41)36-33(39)28-13-14-32(42-21-34)31(37)18-28/h5,9,13-14,17-18,22,24,27,29,38H,3,6-8,10-12,15-16,19-21H2,1-2,4H3,(H,36,39)/b25-17-,26-9-,30-5+/t22-,24?,27-,29-,34-/m0/s1. The smallest absolute Gasteiger partial charge is 0.264 e. The zero-order valence-electron chi connectivity index (χ0n) is 25.6. The molecule has 2 aliphatic heterocycles. The van der Waals surface area contributed by atoms with Gasteiger partial charge in [-0.15, -0.1) is 0 Å². The molecule has 2 bridgehead atoms. The van der Waals surface area contributed by atoms with Crippen LogP contribution >= 0.6 is 11.6 Å². The molecule has 0 saturated heterocycles. The van der Waals surface area contributed by atoms with Gasteiger partial charge >= 0.3 is 0 Å². The fourth-order valence-corrected chi connectivity index (χ4v) is 8.17. The molecule has 1 spiro atoms. The summed E-state index contributed by atoms with van der Waals surface area (Å²) in [4.78, 5) is 15.6. The van der Waals surface area contributed by atoms with Crippen molar-refractivity contribution in [2.75, 3.05) is 24.6 Å². The quantitative estimate of drug-likeness (QED) is 0.356. The normalized spacial score (nSPS) is 32.9. The van der Waals surface area contributed by atoms with Gasteiger partial charge in [-0.1, -0.05) is 30.3 Å². The van der Waals surface area contributed by atoms with E-state index in [4.69, 9.17) is 16.3 Å². The minimum atomic E-state index is -3.89. The van der Waals surface area contributed by atoms with E-state index in [1.807, 2.05) is 25.2 Å².